The molecule has 0 aliphatic heterocycles. The molecular formula is C14H16F2O2S. The molecule has 0 saturated heterocycles. The predicted octanol–water partition coefficient (Wildman–Crippen LogP) is 3.23. The Labute approximate surface area is 113 Å². The van der Waals surface area contributed by atoms with Crippen LogP contribution in [0.5, 0.6) is 0 Å². The number of hydrogen-bond donors (Lipinski definition) is 0. The fourth-order valence-electron chi connectivity index (χ4n) is 2.36. The lowest BCUT2D eigenvalue weighted by atomic mass is 10.0. The van der Waals surface area contributed by atoms with Gasteiger partial charge in [-0.15, -0.1) is 0 Å². The molecule has 2 rings (SSSR count). The van der Waals surface area contributed by atoms with Gasteiger partial charge in [-0.3, -0.25) is 9.00 Å². The summed E-state index contributed by atoms with van der Waals surface area (Å²) < 4.78 is 38.5. The largest absolute Gasteiger partial charge is 0.293 e. The summed E-state index contributed by atoms with van der Waals surface area (Å²) in [6.45, 7) is 0. The first kappa shape index (κ1) is 14.3. The molecule has 1 saturated carbocycles. The Balaban J connectivity index is 2.04. The zero-order valence-electron chi connectivity index (χ0n) is 10.5. The molecule has 1 unspecified atom stereocenters. The van der Waals surface area contributed by atoms with Crippen molar-refractivity contribution in [2.24, 2.45) is 0 Å². The summed E-state index contributed by atoms with van der Waals surface area (Å²) in [4.78, 5) is 11.9. The summed E-state index contributed by atoms with van der Waals surface area (Å²) >= 11 is 0. The maximum atomic E-state index is 13.4. The van der Waals surface area contributed by atoms with Crippen LogP contribution in [0, 0.1) is 11.6 Å². The summed E-state index contributed by atoms with van der Waals surface area (Å²) in [5.41, 5.74) is -0.302. The Morgan fingerprint density at radius 2 is 1.89 bits per heavy atom. The SMILES string of the molecule is O=C(CS(=O)C1CCCCC1)c1cc(F)ccc1F. The summed E-state index contributed by atoms with van der Waals surface area (Å²) in [5.74, 6) is -2.22. The third-order valence-corrected chi connectivity index (χ3v) is 5.19. The second-order valence-corrected chi connectivity index (χ2v) is 6.55. The monoisotopic (exact) mass is 286 g/mol. The first-order valence-corrected chi connectivity index (χ1v) is 7.81. The Bertz CT molecular complexity index is 496. The summed E-state index contributed by atoms with van der Waals surface area (Å²) in [6, 6.07) is 2.76. The highest BCUT2D eigenvalue weighted by molar-refractivity contribution is 7.86. The van der Waals surface area contributed by atoms with Crippen molar-refractivity contribution in [1.29, 1.82) is 0 Å². The normalized spacial score (nSPS) is 18.2. The van der Waals surface area contributed by atoms with E-state index in [9.17, 15) is 17.8 Å². The van der Waals surface area contributed by atoms with Crippen LogP contribution >= 0.6 is 0 Å². The van der Waals surface area contributed by atoms with E-state index in [1.54, 1.807) is 0 Å². The zero-order valence-corrected chi connectivity index (χ0v) is 11.3. The van der Waals surface area contributed by atoms with E-state index in [1.807, 2.05) is 0 Å². The molecule has 19 heavy (non-hydrogen) atoms. The second-order valence-electron chi connectivity index (χ2n) is 4.83. The first-order valence-electron chi connectivity index (χ1n) is 6.43. The number of benzene rings is 1. The Hall–Kier alpha value is -1.10. The van der Waals surface area contributed by atoms with Crippen LogP contribution in [0.3, 0.4) is 0 Å². The first-order chi connectivity index (χ1) is 9.08. The van der Waals surface area contributed by atoms with E-state index in [0.717, 1.165) is 50.3 Å². The van der Waals surface area contributed by atoms with Crippen LogP contribution in [0.2, 0.25) is 0 Å². The molecule has 1 aliphatic carbocycles. The molecule has 2 nitrogen and oxygen atoms in total. The van der Waals surface area contributed by atoms with Gasteiger partial charge in [-0.1, -0.05) is 19.3 Å². The van der Waals surface area contributed by atoms with Gasteiger partial charge < -0.3 is 0 Å². The van der Waals surface area contributed by atoms with Crippen molar-refractivity contribution in [1.82, 2.24) is 0 Å². The van der Waals surface area contributed by atoms with Crippen molar-refractivity contribution in [3.63, 3.8) is 0 Å². The molecule has 1 aromatic rings. The van der Waals surface area contributed by atoms with Gasteiger partial charge in [0.15, 0.2) is 5.78 Å². The molecule has 0 amide bonds. The van der Waals surface area contributed by atoms with E-state index in [4.69, 9.17) is 0 Å². The maximum Gasteiger partial charge on any atom is 0.178 e. The molecule has 0 bridgehead atoms. The van der Waals surface area contributed by atoms with Gasteiger partial charge in [0.2, 0.25) is 0 Å². The second kappa shape index (κ2) is 6.37. The Morgan fingerprint density at radius 1 is 1.21 bits per heavy atom. The molecule has 0 spiro atoms. The summed E-state index contributed by atoms with van der Waals surface area (Å²) in [7, 11) is -1.29. The van der Waals surface area contributed by atoms with E-state index >= 15 is 0 Å². The van der Waals surface area contributed by atoms with Gasteiger partial charge in [-0.05, 0) is 31.0 Å². The number of halogens is 2. The van der Waals surface area contributed by atoms with Gasteiger partial charge in [0.1, 0.15) is 11.6 Å². The van der Waals surface area contributed by atoms with Crippen LogP contribution in [-0.4, -0.2) is 21.0 Å². The van der Waals surface area contributed by atoms with Crippen LogP contribution in [0.15, 0.2) is 18.2 Å². The number of hydrogen-bond acceptors (Lipinski definition) is 2. The van der Waals surface area contributed by atoms with Crippen molar-refractivity contribution < 1.29 is 17.8 Å². The lowest BCUT2D eigenvalue weighted by Crippen LogP contribution is -2.24. The molecule has 1 atom stereocenters. The van der Waals surface area contributed by atoms with Gasteiger partial charge in [0.25, 0.3) is 0 Å². The molecule has 1 aliphatic rings. The molecule has 1 aromatic carbocycles. The smallest absolute Gasteiger partial charge is 0.178 e. The van der Waals surface area contributed by atoms with Gasteiger partial charge >= 0.3 is 0 Å². The van der Waals surface area contributed by atoms with E-state index in [1.165, 1.54) is 0 Å². The average molecular weight is 286 g/mol. The van der Waals surface area contributed by atoms with Crippen molar-refractivity contribution in [3.8, 4) is 0 Å². The van der Waals surface area contributed by atoms with Crippen LogP contribution in [0.1, 0.15) is 42.5 Å². The fraction of sp³-hybridized carbons (Fsp3) is 0.500. The molecule has 0 aromatic heterocycles. The van der Waals surface area contributed by atoms with Crippen molar-refractivity contribution >= 4 is 16.6 Å². The summed E-state index contributed by atoms with van der Waals surface area (Å²) in [5, 5.41) is 0.0225. The molecule has 104 valence electrons. The highest BCUT2D eigenvalue weighted by Gasteiger charge is 2.23. The average Bonchev–Trinajstić information content (AvgIpc) is 2.42. The van der Waals surface area contributed by atoms with E-state index < -0.39 is 28.2 Å². The number of carbonyl (C=O) groups excluding carboxylic acids is 1. The minimum absolute atomic E-state index is 0.0225. The summed E-state index contributed by atoms with van der Waals surface area (Å²) in [6.07, 6.45) is 4.90. The van der Waals surface area contributed by atoms with Crippen LogP contribution in [0.25, 0.3) is 0 Å². The van der Waals surface area contributed by atoms with E-state index in [2.05, 4.69) is 0 Å². The highest BCUT2D eigenvalue weighted by Crippen LogP contribution is 2.23. The topological polar surface area (TPSA) is 34.1 Å². The minimum Gasteiger partial charge on any atom is -0.293 e. The van der Waals surface area contributed by atoms with Gasteiger partial charge in [0, 0.05) is 16.0 Å². The molecule has 0 radical (unpaired) electrons. The lowest BCUT2D eigenvalue weighted by molar-refractivity contribution is 0.101. The number of rotatable bonds is 4. The quantitative estimate of drug-likeness (QED) is 0.796. The predicted molar refractivity (Wildman–Crippen MR) is 70.6 cm³/mol. The number of carbonyl (C=O) groups is 1. The Kier molecular flexibility index (Phi) is 4.80. The highest BCUT2D eigenvalue weighted by atomic mass is 32.2. The molecule has 0 heterocycles. The lowest BCUT2D eigenvalue weighted by Gasteiger charge is -2.20. The number of Topliss-reactive ketones (excluding diaryl/α,β-unsaturated/α-hetero) is 1. The van der Waals surface area contributed by atoms with Gasteiger partial charge in [0.05, 0.1) is 11.3 Å². The van der Waals surface area contributed by atoms with Gasteiger partial charge in [-0.2, -0.15) is 0 Å². The third-order valence-electron chi connectivity index (χ3n) is 3.43. The number of ketones is 1. The van der Waals surface area contributed by atoms with Crippen LogP contribution in [-0.2, 0) is 10.8 Å². The minimum atomic E-state index is -1.29. The van der Waals surface area contributed by atoms with Crippen molar-refractivity contribution in [2.45, 2.75) is 37.4 Å². The molecular weight excluding hydrogens is 270 g/mol. The molecule has 5 heteroatoms. The molecule has 1 fully saturated rings. The van der Waals surface area contributed by atoms with Gasteiger partial charge in [-0.25, -0.2) is 8.78 Å². The van der Waals surface area contributed by atoms with Crippen molar-refractivity contribution in [2.75, 3.05) is 5.75 Å². The zero-order chi connectivity index (χ0) is 13.8. The fourth-order valence-corrected chi connectivity index (χ4v) is 3.87. The van der Waals surface area contributed by atoms with Crippen LogP contribution in [0.4, 0.5) is 8.78 Å². The Morgan fingerprint density at radius 3 is 2.58 bits per heavy atom. The standard InChI is InChI=1S/C14H16F2O2S/c15-10-6-7-13(16)12(8-10)14(17)9-19(18)11-4-2-1-3-5-11/h6-8,11H,1-5,9H2. The third kappa shape index (κ3) is 3.69. The van der Waals surface area contributed by atoms with E-state index in [-0.39, 0.29) is 16.6 Å². The van der Waals surface area contributed by atoms with Crippen molar-refractivity contribution in [3.05, 3.63) is 35.4 Å². The van der Waals surface area contributed by atoms with E-state index in [0.29, 0.717) is 0 Å². The molecule has 0 N–H and O–H groups in total. The maximum absolute atomic E-state index is 13.4. The van der Waals surface area contributed by atoms with Crippen LogP contribution < -0.4 is 0 Å².